The van der Waals surface area contributed by atoms with Gasteiger partial charge in [0.2, 0.25) is 0 Å². The SMILES string of the molecule is CC.CC.Cc1cccc2ncc(CC(=O)O)cc12. The first-order valence-electron chi connectivity index (χ1n) is 6.73. The lowest BCUT2D eigenvalue weighted by Gasteiger charge is -2.03. The van der Waals surface area contributed by atoms with Gasteiger partial charge in [0.15, 0.2) is 0 Å². The number of nitrogens with zero attached hydrogens (tertiary/aromatic N) is 1. The molecule has 1 heterocycles. The third-order valence-corrected chi connectivity index (χ3v) is 2.36. The molecule has 1 N–H and O–H groups in total. The van der Waals surface area contributed by atoms with Gasteiger partial charge < -0.3 is 5.11 Å². The minimum atomic E-state index is -0.829. The first-order chi connectivity index (χ1) is 9.16. The van der Waals surface area contributed by atoms with E-state index in [1.54, 1.807) is 6.20 Å². The third kappa shape index (κ3) is 5.08. The number of pyridine rings is 1. The van der Waals surface area contributed by atoms with Gasteiger partial charge in [-0.05, 0) is 30.2 Å². The van der Waals surface area contributed by atoms with Gasteiger partial charge in [0.1, 0.15) is 0 Å². The minimum absolute atomic E-state index is 0.0251. The van der Waals surface area contributed by atoms with Gasteiger partial charge in [0, 0.05) is 11.6 Å². The van der Waals surface area contributed by atoms with Crippen LogP contribution in [0.2, 0.25) is 0 Å². The maximum atomic E-state index is 10.6. The molecule has 3 nitrogen and oxygen atoms in total. The molecule has 1 aromatic carbocycles. The molecule has 0 aliphatic heterocycles. The fraction of sp³-hybridized carbons (Fsp3) is 0.375. The molecule has 0 unspecified atom stereocenters. The maximum absolute atomic E-state index is 10.6. The Hall–Kier alpha value is -1.90. The number of carboxylic acid groups (broad SMARTS) is 1. The van der Waals surface area contributed by atoms with E-state index in [1.807, 2.05) is 58.9 Å². The van der Waals surface area contributed by atoms with E-state index in [1.165, 1.54) is 0 Å². The first kappa shape index (κ1) is 17.1. The Morgan fingerprint density at radius 2 is 1.84 bits per heavy atom. The number of hydrogen-bond donors (Lipinski definition) is 1. The summed E-state index contributed by atoms with van der Waals surface area (Å²) < 4.78 is 0. The molecule has 3 heteroatoms. The summed E-state index contributed by atoms with van der Waals surface area (Å²) in [7, 11) is 0. The predicted octanol–water partition coefficient (Wildman–Crippen LogP) is 4.22. The summed E-state index contributed by atoms with van der Waals surface area (Å²) in [6.45, 7) is 9.99. The second kappa shape index (κ2) is 9.09. The Bertz CT molecular complexity index is 521. The van der Waals surface area contributed by atoms with Crippen LogP contribution in [0.15, 0.2) is 30.5 Å². The van der Waals surface area contributed by atoms with E-state index in [2.05, 4.69) is 4.98 Å². The Morgan fingerprint density at radius 3 is 2.42 bits per heavy atom. The Balaban J connectivity index is 0.000000741. The molecule has 19 heavy (non-hydrogen) atoms. The minimum Gasteiger partial charge on any atom is -0.481 e. The molecular formula is C16H23NO2. The van der Waals surface area contributed by atoms with Crippen molar-refractivity contribution < 1.29 is 9.90 Å². The number of aliphatic carboxylic acids is 1. The smallest absolute Gasteiger partial charge is 0.307 e. The largest absolute Gasteiger partial charge is 0.481 e. The molecule has 0 spiro atoms. The predicted molar refractivity (Wildman–Crippen MR) is 80.5 cm³/mol. The average Bonchev–Trinajstić information content (AvgIpc) is 2.44. The van der Waals surface area contributed by atoms with Gasteiger partial charge in [-0.1, -0.05) is 39.8 Å². The molecule has 0 bridgehead atoms. The fourth-order valence-corrected chi connectivity index (χ4v) is 1.61. The van der Waals surface area contributed by atoms with Crippen molar-refractivity contribution in [2.24, 2.45) is 0 Å². The molecule has 2 aromatic rings. The van der Waals surface area contributed by atoms with Crippen LogP contribution in [-0.4, -0.2) is 16.1 Å². The Kier molecular flexibility index (Phi) is 8.18. The number of aryl methyl sites for hydroxylation is 1. The van der Waals surface area contributed by atoms with Gasteiger partial charge in [0.25, 0.3) is 0 Å². The molecule has 0 saturated heterocycles. The summed E-state index contributed by atoms with van der Waals surface area (Å²) in [6.07, 6.45) is 1.65. The lowest BCUT2D eigenvalue weighted by Crippen LogP contribution is -2.00. The second-order valence-corrected chi connectivity index (χ2v) is 3.56. The van der Waals surface area contributed by atoms with Gasteiger partial charge in [-0.3, -0.25) is 9.78 Å². The average molecular weight is 261 g/mol. The highest BCUT2D eigenvalue weighted by Gasteiger charge is 2.03. The quantitative estimate of drug-likeness (QED) is 0.880. The molecule has 2 rings (SSSR count). The molecule has 0 atom stereocenters. The van der Waals surface area contributed by atoms with Crippen molar-refractivity contribution in [1.82, 2.24) is 4.98 Å². The van der Waals surface area contributed by atoms with Crippen LogP contribution in [0, 0.1) is 6.92 Å². The topological polar surface area (TPSA) is 50.2 Å². The van der Waals surface area contributed by atoms with Crippen molar-refractivity contribution >= 4 is 16.9 Å². The number of hydrogen-bond acceptors (Lipinski definition) is 2. The molecular weight excluding hydrogens is 238 g/mol. The van der Waals surface area contributed by atoms with E-state index < -0.39 is 5.97 Å². The fourth-order valence-electron chi connectivity index (χ4n) is 1.61. The van der Waals surface area contributed by atoms with Crippen LogP contribution >= 0.6 is 0 Å². The first-order valence-corrected chi connectivity index (χ1v) is 6.73. The normalized spacial score (nSPS) is 8.89. The third-order valence-electron chi connectivity index (χ3n) is 2.36. The number of carboxylic acids is 1. The highest BCUT2D eigenvalue weighted by molar-refractivity contribution is 5.83. The van der Waals surface area contributed by atoms with Crippen molar-refractivity contribution in [3.63, 3.8) is 0 Å². The maximum Gasteiger partial charge on any atom is 0.307 e. The van der Waals surface area contributed by atoms with Gasteiger partial charge in [-0.2, -0.15) is 0 Å². The summed E-state index contributed by atoms with van der Waals surface area (Å²) in [6, 6.07) is 7.76. The lowest BCUT2D eigenvalue weighted by molar-refractivity contribution is -0.136. The highest BCUT2D eigenvalue weighted by Crippen LogP contribution is 2.17. The van der Waals surface area contributed by atoms with Gasteiger partial charge in [0.05, 0.1) is 11.9 Å². The summed E-state index contributed by atoms with van der Waals surface area (Å²) in [5, 5.41) is 9.70. The molecule has 0 fully saturated rings. The van der Waals surface area contributed by atoms with Crippen LogP contribution in [0.1, 0.15) is 38.8 Å². The monoisotopic (exact) mass is 261 g/mol. The summed E-state index contributed by atoms with van der Waals surface area (Å²) >= 11 is 0. The zero-order valence-corrected chi connectivity index (χ0v) is 12.4. The number of fused-ring (bicyclic) bond motifs is 1. The molecule has 0 radical (unpaired) electrons. The van der Waals surface area contributed by atoms with E-state index in [-0.39, 0.29) is 6.42 Å². The number of rotatable bonds is 2. The summed E-state index contributed by atoms with van der Waals surface area (Å²) in [4.78, 5) is 14.8. The Labute approximate surface area is 115 Å². The van der Waals surface area contributed by atoms with Crippen LogP contribution < -0.4 is 0 Å². The van der Waals surface area contributed by atoms with E-state index in [0.29, 0.717) is 0 Å². The van der Waals surface area contributed by atoms with Crippen LogP contribution in [0.3, 0.4) is 0 Å². The zero-order chi connectivity index (χ0) is 14.8. The molecule has 104 valence electrons. The molecule has 0 amide bonds. The van der Waals surface area contributed by atoms with Crippen molar-refractivity contribution in [2.75, 3.05) is 0 Å². The van der Waals surface area contributed by atoms with E-state index in [9.17, 15) is 4.79 Å². The van der Waals surface area contributed by atoms with Crippen LogP contribution in [0.4, 0.5) is 0 Å². The van der Waals surface area contributed by atoms with Gasteiger partial charge in [-0.15, -0.1) is 0 Å². The molecule has 0 aliphatic rings. The van der Waals surface area contributed by atoms with E-state index in [0.717, 1.165) is 22.0 Å². The molecule has 1 aromatic heterocycles. The second-order valence-electron chi connectivity index (χ2n) is 3.56. The van der Waals surface area contributed by atoms with E-state index in [4.69, 9.17) is 5.11 Å². The van der Waals surface area contributed by atoms with Crippen LogP contribution in [0.5, 0.6) is 0 Å². The standard InChI is InChI=1S/C12H11NO2.2C2H6/c1-8-3-2-4-11-10(8)5-9(7-13-11)6-12(14)15;2*1-2/h2-5,7H,6H2,1H3,(H,14,15);2*1-2H3. The summed E-state index contributed by atoms with van der Waals surface area (Å²) in [5.41, 5.74) is 2.76. The van der Waals surface area contributed by atoms with Crippen molar-refractivity contribution in [2.45, 2.75) is 41.0 Å². The van der Waals surface area contributed by atoms with Crippen molar-refractivity contribution in [3.8, 4) is 0 Å². The number of carbonyl (C=O) groups is 1. The highest BCUT2D eigenvalue weighted by atomic mass is 16.4. The number of aromatic nitrogens is 1. The van der Waals surface area contributed by atoms with Gasteiger partial charge in [-0.25, -0.2) is 0 Å². The lowest BCUT2D eigenvalue weighted by atomic mass is 10.1. The zero-order valence-electron chi connectivity index (χ0n) is 12.4. The summed E-state index contributed by atoms with van der Waals surface area (Å²) in [5.74, 6) is -0.829. The Morgan fingerprint density at radius 1 is 1.21 bits per heavy atom. The van der Waals surface area contributed by atoms with Crippen LogP contribution in [-0.2, 0) is 11.2 Å². The van der Waals surface area contributed by atoms with Gasteiger partial charge >= 0.3 is 5.97 Å². The van der Waals surface area contributed by atoms with E-state index >= 15 is 0 Å². The van der Waals surface area contributed by atoms with Crippen molar-refractivity contribution in [3.05, 3.63) is 41.6 Å². The van der Waals surface area contributed by atoms with Crippen molar-refractivity contribution in [1.29, 1.82) is 0 Å². The van der Waals surface area contributed by atoms with Crippen LogP contribution in [0.25, 0.3) is 10.9 Å². The number of benzene rings is 1. The molecule has 0 aliphatic carbocycles. The molecule has 0 saturated carbocycles.